The van der Waals surface area contributed by atoms with E-state index in [0.717, 1.165) is 6.26 Å². The Hall–Kier alpha value is -2.62. The second-order valence-electron chi connectivity index (χ2n) is 5.71. The third-order valence-electron chi connectivity index (χ3n) is 3.38. The molecule has 0 aliphatic heterocycles. The molecule has 2 aromatic rings. The molecule has 0 aliphatic carbocycles. The lowest BCUT2D eigenvalue weighted by Crippen LogP contribution is -2.31. The topological polar surface area (TPSA) is 128 Å². The summed E-state index contributed by atoms with van der Waals surface area (Å²) < 4.78 is 24.8. The van der Waals surface area contributed by atoms with Gasteiger partial charge >= 0.3 is 0 Å². The highest BCUT2D eigenvalue weighted by Crippen LogP contribution is 2.27. The van der Waals surface area contributed by atoms with E-state index in [1.807, 2.05) is 6.07 Å². The minimum Gasteiger partial charge on any atom is -0.506 e. The number of benzene rings is 2. The summed E-state index contributed by atoms with van der Waals surface area (Å²) >= 11 is 0. The first-order valence-corrected chi connectivity index (χ1v) is 9.68. The Kier molecular flexibility index (Phi) is 6.56. The van der Waals surface area contributed by atoms with Gasteiger partial charge in [0.05, 0.1) is 24.6 Å². The fraction of sp³-hybridized carbons (Fsp3) is 0.235. The molecule has 0 saturated carbocycles. The van der Waals surface area contributed by atoms with E-state index in [1.165, 1.54) is 18.2 Å². The summed E-state index contributed by atoms with van der Waals surface area (Å²) in [5.74, 6) is -0.505. The van der Waals surface area contributed by atoms with E-state index in [-0.39, 0.29) is 30.4 Å². The monoisotopic (exact) mass is 379 g/mol. The van der Waals surface area contributed by atoms with E-state index >= 15 is 0 Å². The van der Waals surface area contributed by atoms with Gasteiger partial charge in [-0.2, -0.15) is 0 Å². The SMILES string of the molecule is CS(=O)(=O)Nc1cc([C@@H](O)CNCC(=O)Nc2ccccc2)ccc1O. The van der Waals surface area contributed by atoms with Crippen molar-refractivity contribution in [2.45, 2.75) is 6.10 Å². The maximum atomic E-state index is 11.8. The number of anilines is 2. The largest absolute Gasteiger partial charge is 0.506 e. The Morgan fingerprint density at radius 1 is 1.15 bits per heavy atom. The van der Waals surface area contributed by atoms with Crippen LogP contribution < -0.4 is 15.4 Å². The number of hydrogen-bond acceptors (Lipinski definition) is 6. The van der Waals surface area contributed by atoms with Gasteiger partial charge < -0.3 is 20.8 Å². The van der Waals surface area contributed by atoms with Crippen molar-refractivity contribution < 1.29 is 23.4 Å². The summed E-state index contributed by atoms with van der Waals surface area (Å²) in [6.45, 7) is 0.0732. The van der Waals surface area contributed by atoms with Crippen molar-refractivity contribution >= 4 is 27.3 Å². The first-order valence-electron chi connectivity index (χ1n) is 7.79. The normalized spacial score (nSPS) is 12.4. The van der Waals surface area contributed by atoms with Gasteiger partial charge in [0.2, 0.25) is 15.9 Å². The molecule has 0 fully saturated rings. The molecule has 8 nitrogen and oxygen atoms in total. The Morgan fingerprint density at radius 3 is 2.50 bits per heavy atom. The third-order valence-corrected chi connectivity index (χ3v) is 3.97. The van der Waals surface area contributed by atoms with Crippen molar-refractivity contribution in [1.82, 2.24) is 5.32 Å². The van der Waals surface area contributed by atoms with E-state index in [4.69, 9.17) is 0 Å². The summed E-state index contributed by atoms with van der Waals surface area (Å²) in [6.07, 6.45) is -0.0251. The summed E-state index contributed by atoms with van der Waals surface area (Å²) in [7, 11) is -3.56. The van der Waals surface area contributed by atoms with E-state index in [1.54, 1.807) is 24.3 Å². The zero-order valence-electron chi connectivity index (χ0n) is 14.1. The molecule has 9 heteroatoms. The summed E-state index contributed by atoms with van der Waals surface area (Å²) in [5, 5.41) is 25.4. The van der Waals surface area contributed by atoms with Crippen molar-refractivity contribution in [1.29, 1.82) is 0 Å². The molecule has 0 radical (unpaired) electrons. The molecular weight excluding hydrogens is 358 g/mol. The number of rotatable bonds is 8. The molecule has 26 heavy (non-hydrogen) atoms. The van der Waals surface area contributed by atoms with Crippen molar-refractivity contribution in [2.75, 3.05) is 29.4 Å². The quantitative estimate of drug-likeness (QED) is 0.436. The Morgan fingerprint density at radius 2 is 1.85 bits per heavy atom. The predicted molar refractivity (Wildman–Crippen MR) is 99.5 cm³/mol. The molecule has 5 N–H and O–H groups in total. The first-order chi connectivity index (χ1) is 12.2. The van der Waals surface area contributed by atoms with Crippen molar-refractivity contribution in [3.63, 3.8) is 0 Å². The number of carbonyl (C=O) groups excluding carboxylic acids is 1. The third kappa shape index (κ3) is 6.36. The average Bonchev–Trinajstić information content (AvgIpc) is 2.56. The molecule has 0 unspecified atom stereocenters. The number of aliphatic hydroxyl groups is 1. The van der Waals surface area contributed by atoms with Gasteiger partial charge in [-0.25, -0.2) is 8.42 Å². The van der Waals surface area contributed by atoms with Crippen LogP contribution in [0.2, 0.25) is 0 Å². The Labute approximate surface area is 151 Å². The molecule has 1 atom stereocenters. The Balaban J connectivity index is 1.88. The zero-order chi connectivity index (χ0) is 19.2. The van der Waals surface area contributed by atoms with Crippen molar-refractivity contribution in [3.8, 4) is 5.75 Å². The van der Waals surface area contributed by atoms with E-state index in [0.29, 0.717) is 11.3 Å². The van der Waals surface area contributed by atoms with Crippen LogP contribution in [-0.4, -0.2) is 43.9 Å². The summed E-state index contributed by atoms with van der Waals surface area (Å²) in [4.78, 5) is 11.8. The number of para-hydroxylation sites is 1. The van der Waals surface area contributed by atoms with Gasteiger partial charge in [-0.05, 0) is 29.8 Å². The van der Waals surface area contributed by atoms with Crippen LogP contribution in [0.1, 0.15) is 11.7 Å². The molecular formula is C17H21N3O5S. The minimum atomic E-state index is -3.56. The van der Waals surface area contributed by atoms with Crippen molar-refractivity contribution in [3.05, 3.63) is 54.1 Å². The molecule has 0 heterocycles. The molecule has 2 aromatic carbocycles. The molecule has 0 spiro atoms. The molecule has 1 amide bonds. The van der Waals surface area contributed by atoms with Crippen LogP contribution in [-0.2, 0) is 14.8 Å². The van der Waals surface area contributed by atoms with Crippen LogP contribution in [0.3, 0.4) is 0 Å². The lowest BCUT2D eigenvalue weighted by molar-refractivity contribution is -0.115. The van der Waals surface area contributed by atoms with Gasteiger partial charge in [-0.15, -0.1) is 0 Å². The fourth-order valence-corrected chi connectivity index (χ4v) is 2.77. The molecule has 0 bridgehead atoms. The predicted octanol–water partition coefficient (Wildman–Crippen LogP) is 1.03. The van der Waals surface area contributed by atoms with Crippen LogP contribution >= 0.6 is 0 Å². The van der Waals surface area contributed by atoms with Gasteiger partial charge in [-0.3, -0.25) is 9.52 Å². The van der Waals surface area contributed by atoms with Crippen LogP contribution in [0, 0.1) is 0 Å². The van der Waals surface area contributed by atoms with Gasteiger partial charge in [0.15, 0.2) is 0 Å². The van der Waals surface area contributed by atoms with E-state index in [9.17, 15) is 23.4 Å². The fourth-order valence-electron chi connectivity index (χ4n) is 2.21. The average molecular weight is 379 g/mol. The smallest absolute Gasteiger partial charge is 0.238 e. The number of hydrogen-bond donors (Lipinski definition) is 5. The van der Waals surface area contributed by atoms with Gasteiger partial charge in [0.25, 0.3) is 0 Å². The highest BCUT2D eigenvalue weighted by Gasteiger charge is 2.13. The summed E-state index contributed by atoms with van der Waals surface area (Å²) in [5.41, 5.74) is 1.05. The molecule has 0 saturated heterocycles. The number of nitrogens with one attached hydrogen (secondary N) is 3. The second-order valence-corrected chi connectivity index (χ2v) is 7.46. The van der Waals surface area contributed by atoms with Crippen LogP contribution in [0.25, 0.3) is 0 Å². The summed E-state index contributed by atoms with van der Waals surface area (Å²) in [6, 6.07) is 13.1. The number of sulfonamides is 1. The van der Waals surface area contributed by atoms with Crippen molar-refractivity contribution in [2.24, 2.45) is 0 Å². The van der Waals surface area contributed by atoms with Gasteiger partial charge in [0.1, 0.15) is 5.75 Å². The highest BCUT2D eigenvalue weighted by atomic mass is 32.2. The maximum absolute atomic E-state index is 11.8. The lowest BCUT2D eigenvalue weighted by Gasteiger charge is -2.14. The van der Waals surface area contributed by atoms with Crippen LogP contribution in [0.15, 0.2) is 48.5 Å². The lowest BCUT2D eigenvalue weighted by atomic mass is 10.1. The van der Waals surface area contributed by atoms with Crippen LogP contribution in [0.4, 0.5) is 11.4 Å². The number of aromatic hydroxyl groups is 1. The number of amides is 1. The van der Waals surface area contributed by atoms with Gasteiger partial charge in [-0.1, -0.05) is 24.3 Å². The molecule has 0 aromatic heterocycles. The van der Waals surface area contributed by atoms with E-state index < -0.39 is 16.1 Å². The molecule has 0 aliphatic rings. The number of aliphatic hydroxyl groups excluding tert-OH is 1. The zero-order valence-corrected chi connectivity index (χ0v) is 15.0. The van der Waals surface area contributed by atoms with Crippen LogP contribution in [0.5, 0.6) is 5.75 Å². The van der Waals surface area contributed by atoms with E-state index in [2.05, 4.69) is 15.4 Å². The highest BCUT2D eigenvalue weighted by molar-refractivity contribution is 7.92. The number of carbonyl (C=O) groups is 1. The number of phenolic OH excluding ortho intramolecular Hbond substituents is 1. The molecule has 140 valence electrons. The standard InChI is InChI=1S/C17H21N3O5S/c1-26(24,25)20-14-9-12(7-8-15(14)21)16(22)10-18-11-17(23)19-13-5-3-2-4-6-13/h2-9,16,18,20-22H,10-11H2,1H3,(H,19,23)/t16-/m0/s1. The second kappa shape index (κ2) is 8.65. The maximum Gasteiger partial charge on any atom is 0.238 e. The Bertz CT molecular complexity index is 856. The molecule has 2 rings (SSSR count). The first kappa shape index (κ1) is 19.7. The minimum absolute atomic E-state index is 0.00150. The van der Waals surface area contributed by atoms with Gasteiger partial charge in [0, 0.05) is 12.2 Å². The number of phenols is 1.